The van der Waals surface area contributed by atoms with Gasteiger partial charge in [-0.2, -0.15) is 5.10 Å². The Morgan fingerprint density at radius 3 is 2.82 bits per heavy atom. The van der Waals surface area contributed by atoms with Gasteiger partial charge in [0.2, 0.25) is 0 Å². The molecular formula is C10H7ClN4O2. The van der Waals surface area contributed by atoms with Gasteiger partial charge < -0.3 is 5.32 Å². The first-order chi connectivity index (χ1) is 8.15. The third kappa shape index (κ3) is 2.88. The monoisotopic (exact) mass is 250 g/mol. The molecule has 0 unspecified atom stereocenters. The van der Waals surface area contributed by atoms with Crippen molar-refractivity contribution in [3.8, 4) is 0 Å². The van der Waals surface area contributed by atoms with Crippen LogP contribution in [0.1, 0.15) is 10.5 Å². The number of carbonyl (C=O) groups is 1. The molecule has 0 aliphatic carbocycles. The highest BCUT2D eigenvalue weighted by molar-refractivity contribution is 6.30. The molecule has 1 amide bonds. The Morgan fingerprint density at radius 1 is 1.35 bits per heavy atom. The maximum absolute atomic E-state index is 11.7. The van der Waals surface area contributed by atoms with Crippen LogP contribution < -0.4 is 10.9 Å². The number of carbonyl (C=O) groups excluding carboxylic acids is 1. The highest BCUT2D eigenvalue weighted by Crippen LogP contribution is 2.12. The minimum atomic E-state index is -0.476. The average Bonchev–Trinajstić information content (AvgIpc) is 2.29. The molecule has 0 saturated carbocycles. The minimum absolute atomic E-state index is 0.0892. The van der Waals surface area contributed by atoms with E-state index in [0.717, 1.165) is 0 Å². The zero-order valence-corrected chi connectivity index (χ0v) is 9.23. The van der Waals surface area contributed by atoms with Crippen LogP contribution in [0.3, 0.4) is 0 Å². The SMILES string of the molecule is O=C(Nc1cc(Cl)ccn1)c1ccc(=O)[nH]n1. The maximum Gasteiger partial charge on any atom is 0.277 e. The van der Waals surface area contributed by atoms with Crippen LogP contribution in [0.2, 0.25) is 5.02 Å². The summed E-state index contributed by atoms with van der Waals surface area (Å²) in [5.74, 6) is -0.161. The highest BCUT2D eigenvalue weighted by atomic mass is 35.5. The zero-order chi connectivity index (χ0) is 12.3. The fourth-order valence-corrected chi connectivity index (χ4v) is 1.28. The molecule has 0 aliphatic heterocycles. The number of pyridine rings is 1. The molecule has 17 heavy (non-hydrogen) atoms. The first kappa shape index (κ1) is 11.3. The van der Waals surface area contributed by atoms with Crippen LogP contribution in [0, 0.1) is 0 Å². The predicted molar refractivity (Wildman–Crippen MR) is 62.1 cm³/mol. The summed E-state index contributed by atoms with van der Waals surface area (Å²) in [7, 11) is 0. The lowest BCUT2D eigenvalue weighted by Gasteiger charge is -2.02. The summed E-state index contributed by atoms with van der Waals surface area (Å²) in [6.07, 6.45) is 1.47. The van der Waals surface area contributed by atoms with Crippen LogP contribution in [0.15, 0.2) is 35.3 Å². The van der Waals surface area contributed by atoms with E-state index in [-0.39, 0.29) is 11.3 Å². The molecule has 2 rings (SSSR count). The zero-order valence-electron chi connectivity index (χ0n) is 8.48. The van der Waals surface area contributed by atoms with Crippen LogP contribution in [0.4, 0.5) is 5.82 Å². The van der Waals surface area contributed by atoms with Crippen molar-refractivity contribution < 1.29 is 4.79 Å². The molecule has 6 nitrogen and oxygen atoms in total. The molecule has 7 heteroatoms. The largest absolute Gasteiger partial charge is 0.305 e. The Hall–Kier alpha value is -2.21. The van der Waals surface area contributed by atoms with Crippen molar-refractivity contribution in [3.05, 3.63) is 51.5 Å². The molecule has 0 aromatic carbocycles. The van der Waals surface area contributed by atoms with Crippen molar-refractivity contribution in [3.63, 3.8) is 0 Å². The molecular weight excluding hydrogens is 244 g/mol. The van der Waals surface area contributed by atoms with Gasteiger partial charge in [0.05, 0.1) is 0 Å². The number of hydrogen-bond acceptors (Lipinski definition) is 4. The molecule has 0 bridgehead atoms. The summed E-state index contributed by atoms with van der Waals surface area (Å²) in [5, 5.41) is 8.71. The van der Waals surface area contributed by atoms with Gasteiger partial charge in [0.1, 0.15) is 11.5 Å². The van der Waals surface area contributed by atoms with Crippen molar-refractivity contribution in [1.82, 2.24) is 15.2 Å². The predicted octanol–water partition coefficient (Wildman–Crippen LogP) is 1.07. The number of H-pyrrole nitrogens is 1. The molecule has 2 aromatic heterocycles. The molecule has 2 heterocycles. The van der Waals surface area contributed by atoms with E-state index >= 15 is 0 Å². The number of halogens is 1. The number of anilines is 1. The van der Waals surface area contributed by atoms with E-state index in [1.807, 2.05) is 0 Å². The van der Waals surface area contributed by atoms with Crippen molar-refractivity contribution in [2.24, 2.45) is 0 Å². The molecule has 86 valence electrons. The van der Waals surface area contributed by atoms with Crippen LogP contribution in [-0.4, -0.2) is 21.1 Å². The van der Waals surface area contributed by atoms with E-state index in [2.05, 4.69) is 20.5 Å². The van der Waals surface area contributed by atoms with Gasteiger partial charge in [-0.1, -0.05) is 11.6 Å². The molecule has 2 N–H and O–H groups in total. The van der Waals surface area contributed by atoms with E-state index in [1.165, 1.54) is 24.4 Å². The average molecular weight is 251 g/mol. The summed E-state index contributed by atoms with van der Waals surface area (Å²) >= 11 is 5.74. The number of amides is 1. The summed E-state index contributed by atoms with van der Waals surface area (Å²) in [5.41, 5.74) is -0.284. The lowest BCUT2D eigenvalue weighted by molar-refractivity contribution is 0.102. The Morgan fingerprint density at radius 2 is 2.18 bits per heavy atom. The van der Waals surface area contributed by atoms with Crippen LogP contribution in [-0.2, 0) is 0 Å². The van der Waals surface area contributed by atoms with Gasteiger partial charge in [-0.15, -0.1) is 0 Å². The number of rotatable bonds is 2. The standard InChI is InChI=1S/C10H7ClN4O2/c11-6-3-4-12-8(5-6)13-10(17)7-1-2-9(16)15-14-7/h1-5H,(H,15,16)(H,12,13,17). The summed E-state index contributed by atoms with van der Waals surface area (Å²) in [6.45, 7) is 0. The van der Waals surface area contributed by atoms with E-state index in [0.29, 0.717) is 10.8 Å². The lowest BCUT2D eigenvalue weighted by atomic mass is 10.3. The second kappa shape index (κ2) is 4.75. The Balaban J connectivity index is 2.17. The molecule has 2 aromatic rings. The van der Waals surface area contributed by atoms with E-state index in [9.17, 15) is 9.59 Å². The maximum atomic E-state index is 11.7. The van der Waals surface area contributed by atoms with E-state index in [1.54, 1.807) is 6.07 Å². The van der Waals surface area contributed by atoms with Crippen molar-refractivity contribution in [1.29, 1.82) is 0 Å². The van der Waals surface area contributed by atoms with E-state index < -0.39 is 5.91 Å². The third-order valence-corrected chi connectivity index (χ3v) is 2.11. The Kier molecular flexibility index (Phi) is 3.15. The van der Waals surface area contributed by atoms with E-state index in [4.69, 9.17) is 11.6 Å². The van der Waals surface area contributed by atoms with Gasteiger partial charge in [-0.3, -0.25) is 9.59 Å². The quantitative estimate of drug-likeness (QED) is 0.835. The van der Waals surface area contributed by atoms with Gasteiger partial charge in [0, 0.05) is 17.3 Å². The summed E-state index contributed by atoms with van der Waals surface area (Å²) in [4.78, 5) is 26.3. The first-order valence-electron chi connectivity index (χ1n) is 4.64. The fourth-order valence-electron chi connectivity index (χ4n) is 1.12. The Bertz CT molecular complexity index is 591. The normalized spacial score (nSPS) is 9.94. The number of aromatic nitrogens is 3. The fraction of sp³-hybridized carbons (Fsp3) is 0. The van der Waals surface area contributed by atoms with Crippen LogP contribution in [0.5, 0.6) is 0 Å². The highest BCUT2D eigenvalue weighted by Gasteiger charge is 2.08. The smallest absolute Gasteiger partial charge is 0.277 e. The van der Waals surface area contributed by atoms with Crippen molar-refractivity contribution in [2.75, 3.05) is 5.32 Å². The molecule has 0 saturated heterocycles. The van der Waals surface area contributed by atoms with Gasteiger partial charge in [0.15, 0.2) is 0 Å². The number of aromatic amines is 1. The van der Waals surface area contributed by atoms with Crippen LogP contribution >= 0.6 is 11.6 Å². The molecule has 0 spiro atoms. The van der Waals surface area contributed by atoms with Crippen LogP contribution in [0.25, 0.3) is 0 Å². The second-order valence-corrected chi connectivity index (χ2v) is 3.56. The summed E-state index contributed by atoms with van der Waals surface area (Å²) in [6, 6.07) is 5.63. The number of nitrogens with zero attached hydrogens (tertiary/aromatic N) is 2. The van der Waals surface area contributed by atoms with Crippen molar-refractivity contribution >= 4 is 23.3 Å². The van der Waals surface area contributed by atoms with Gasteiger partial charge in [0.25, 0.3) is 11.5 Å². The molecule has 0 fully saturated rings. The van der Waals surface area contributed by atoms with Gasteiger partial charge >= 0.3 is 0 Å². The topological polar surface area (TPSA) is 87.7 Å². The lowest BCUT2D eigenvalue weighted by Crippen LogP contribution is -2.18. The molecule has 0 aliphatic rings. The number of nitrogens with one attached hydrogen (secondary N) is 2. The third-order valence-electron chi connectivity index (χ3n) is 1.88. The molecule has 0 atom stereocenters. The number of hydrogen-bond donors (Lipinski definition) is 2. The van der Waals surface area contributed by atoms with Crippen molar-refractivity contribution in [2.45, 2.75) is 0 Å². The first-order valence-corrected chi connectivity index (χ1v) is 5.01. The van der Waals surface area contributed by atoms with Gasteiger partial charge in [-0.05, 0) is 18.2 Å². The second-order valence-electron chi connectivity index (χ2n) is 3.12. The molecule has 0 radical (unpaired) electrons. The summed E-state index contributed by atoms with van der Waals surface area (Å²) < 4.78 is 0. The van der Waals surface area contributed by atoms with Gasteiger partial charge in [-0.25, -0.2) is 10.1 Å². The minimum Gasteiger partial charge on any atom is -0.305 e. The Labute approximate surface area is 101 Å².